The lowest BCUT2D eigenvalue weighted by atomic mass is 10.1. The topological polar surface area (TPSA) is 74.9 Å². The minimum absolute atomic E-state index is 0.195. The lowest BCUT2D eigenvalue weighted by Crippen LogP contribution is -2.10. The number of nitrogens with zero attached hydrogens (tertiary/aromatic N) is 1. The van der Waals surface area contributed by atoms with Gasteiger partial charge in [0.25, 0.3) is 0 Å². The molecule has 1 atom stereocenters. The highest BCUT2D eigenvalue weighted by atomic mass is 32.1. The van der Waals surface area contributed by atoms with Gasteiger partial charge in [0, 0.05) is 34.6 Å². The van der Waals surface area contributed by atoms with Crippen molar-refractivity contribution in [2.24, 2.45) is 5.73 Å². The molecule has 4 nitrogen and oxygen atoms in total. The van der Waals surface area contributed by atoms with Gasteiger partial charge in [-0.3, -0.25) is 0 Å². The maximum Gasteiger partial charge on any atom is 0.123 e. The number of thiazole rings is 1. The van der Waals surface area contributed by atoms with Gasteiger partial charge in [-0.15, -0.1) is 11.3 Å². The van der Waals surface area contributed by atoms with Crippen molar-refractivity contribution in [2.45, 2.75) is 6.10 Å². The first kappa shape index (κ1) is 11.4. The Morgan fingerprint density at radius 1 is 1.39 bits per heavy atom. The smallest absolute Gasteiger partial charge is 0.123 e. The van der Waals surface area contributed by atoms with E-state index in [0.717, 1.165) is 22.2 Å². The van der Waals surface area contributed by atoms with E-state index < -0.39 is 6.10 Å². The number of benzene rings is 1. The Morgan fingerprint density at radius 2 is 2.22 bits per heavy atom. The summed E-state index contributed by atoms with van der Waals surface area (Å²) >= 11 is 1.43. The summed E-state index contributed by atoms with van der Waals surface area (Å²) < 4.78 is 0. The minimum atomic E-state index is -0.672. The molecular formula is C13H13N3OS. The average Bonchev–Trinajstić information content (AvgIpc) is 3.03. The van der Waals surface area contributed by atoms with Crippen molar-refractivity contribution < 1.29 is 5.11 Å². The van der Waals surface area contributed by atoms with Gasteiger partial charge in [-0.05, 0) is 6.07 Å². The Bertz CT molecular complexity index is 673. The zero-order valence-corrected chi connectivity index (χ0v) is 10.4. The van der Waals surface area contributed by atoms with Crippen LogP contribution in [0, 0.1) is 0 Å². The molecule has 0 radical (unpaired) electrons. The van der Waals surface area contributed by atoms with Crippen LogP contribution in [0.2, 0.25) is 0 Å². The van der Waals surface area contributed by atoms with Crippen LogP contribution in [0.25, 0.3) is 22.2 Å². The average molecular weight is 259 g/mol. The molecule has 5 heteroatoms. The quantitative estimate of drug-likeness (QED) is 0.675. The van der Waals surface area contributed by atoms with Gasteiger partial charge >= 0.3 is 0 Å². The Balaban J connectivity index is 2.07. The van der Waals surface area contributed by atoms with E-state index in [4.69, 9.17) is 5.73 Å². The second kappa shape index (κ2) is 4.53. The van der Waals surface area contributed by atoms with E-state index >= 15 is 0 Å². The second-order valence-corrected chi connectivity index (χ2v) is 4.96. The predicted octanol–water partition coefficient (Wildman–Crippen LogP) is 2.28. The van der Waals surface area contributed by atoms with E-state index in [1.54, 1.807) is 0 Å². The Labute approximate surface area is 108 Å². The van der Waals surface area contributed by atoms with Crippen LogP contribution in [0.15, 0.2) is 35.8 Å². The number of H-pyrrole nitrogens is 1. The second-order valence-electron chi connectivity index (χ2n) is 4.07. The third kappa shape index (κ3) is 1.82. The number of rotatable bonds is 3. The number of para-hydroxylation sites is 1. The Hall–Kier alpha value is -1.69. The molecular weight excluding hydrogens is 246 g/mol. The van der Waals surface area contributed by atoms with Gasteiger partial charge in [-0.1, -0.05) is 18.2 Å². The van der Waals surface area contributed by atoms with Crippen LogP contribution in [-0.4, -0.2) is 21.6 Å². The van der Waals surface area contributed by atoms with Gasteiger partial charge < -0.3 is 15.8 Å². The Kier molecular flexibility index (Phi) is 2.87. The highest BCUT2D eigenvalue weighted by Crippen LogP contribution is 2.30. The van der Waals surface area contributed by atoms with E-state index in [1.807, 2.05) is 29.8 Å². The van der Waals surface area contributed by atoms with Crippen LogP contribution in [0.4, 0.5) is 0 Å². The molecule has 2 aromatic heterocycles. The molecule has 0 amide bonds. The zero-order chi connectivity index (χ0) is 12.5. The van der Waals surface area contributed by atoms with Crippen molar-refractivity contribution in [1.29, 1.82) is 0 Å². The molecule has 2 heterocycles. The molecule has 3 rings (SSSR count). The van der Waals surface area contributed by atoms with Gasteiger partial charge in [0.15, 0.2) is 0 Å². The van der Waals surface area contributed by atoms with Gasteiger partial charge in [0.1, 0.15) is 11.1 Å². The number of aromatic nitrogens is 2. The largest absolute Gasteiger partial charge is 0.385 e. The number of aliphatic hydroxyl groups excluding tert-OH is 1. The maximum absolute atomic E-state index is 9.67. The molecule has 0 aliphatic carbocycles. The standard InChI is InChI=1S/C13H13N3OS/c14-5-12(17)13-16-11(7-18-13)9-6-15-10-4-2-1-3-8(9)10/h1-4,6-7,12,15,17H,5,14H2. The summed E-state index contributed by atoms with van der Waals surface area (Å²) in [5, 5.41) is 13.4. The highest BCUT2D eigenvalue weighted by molar-refractivity contribution is 7.10. The number of nitrogens with one attached hydrogen (secondary N) is 1. The fraction of sp³-hybridized carbons (Fsp3) is 0.154. The number of nitrogens with two attached hydrogens (primary N) is 1. The van der Waals surface area contributed by atoms with E-state index in [1.165, 1.54) is 11.3 Å². The molecule has 0 saturated carbocycles. The molecule has 1 unspecified atom stereocenters. The summed E-state index contributed by atoms with van der Waals surface area (Å²) in [7, 11) is 0. The van der Waals surface area contributed by atoms with Crippen molar-refractivity contribution in [1.82, 2.24) is 9.97 Å². The lowest BCUT2D eigenvalue weighted by molar-refractivity contribution is 0.186. The molecule has 1 aromatic carbocycles. The molecule has 18 heavy (non-hydrogen) atoms. The van der Waals surface area contributed by atoms with Crippen LogP contribution in [-0.2, 0) is 0 Å². The van der Waals surface area contributed by atoms with Crippen LogP contribution >= 0.6 is 11.3 Å². The van der Waals surface area contributed by atoms with Crippen LogP contribution < -0.4 is 5.73 Å². The van der Waals surface area contributed by atoms with Crippen molar-refractivity contribution in [2.75, 3.05) is 6.54 Å². The molecule has 0 fully saturated rings. The van der Waals surface area contributed by atoms with Crippen LogP contribution in [0.1, 0.15) is 11.1 Å². The summed E-state index contributed by atoms with van der Waals surface area (Å²) in [6.45, 7) is 0.195. The normalized spacial score (nSPS) is 13.0. The van der Waals surface area contributed by atoms with E-state index in [9.17, 15) is 5.11 Å². The first-order chi connectivity index (χ1) is 8.79. The summed E-state index contributed by atoms with van der Waals surface area (Å²) in [6.07, 6.45) is 1.27. The molecule has 4 N–H and O–H groups in total. The van der Waals surface area contributed by atoms with Crippen LogP contribution in [0.3, 0.4) is 0 Å². The number of hydrogen-bond acceptors (Lipinski definition) is 4. The molecule has 0 spiro atoms. The first-order valence-electron chi connectivity index (χ1n) is 5.69. The molecule has 0 bridgehead atoms. The minimum Gasteiger partial charge on any atom is -0.385 e. The fourth-order valence-electron chi connectivity index (χ4n) is 1.95. The van der Waals surface area contributed by atoms with E-state index in [0.29, 0.717) is 5.01 Å². The number of aliphatic hydroxyl groups is 1. The third-order valence-corrected chi connectivity index (χ3v) is 3.84. The summed E-state index contributed by atoms with van der Waals surface area (Å²) in [4.78, 5) is 7.66. The zero-order valence-electron chi connectivity index (χ0n) is 9.63. The predicted molar refractivity (Wildman–Crippen MR) is 73.4 cm³/mol. The van der Waals surface area contributed by atoms with Crippen LogP contribution in [0.5, 0.6) is 0 Å². The van der Waals surface area contributed by atoms with Crippen molar-refractivity contribution in [3.05, 3.63) is 40.8 Å². The van der Waals surface area contributed by atoms with Gasteiger partial charge in [0.2, 0.25) is 0 Å². The van der Waals surface area contributed by atoms with E-state index in [2.05, 4.69) is 16.0 Å². The monoisotopic (exact) mass is 259 g/mol. The Morgan fingerprint density at radius 3 is 3.06 bits per heavy atom. The van der Waals surface area contributed by atoms with Gasteiger partial charge in [0.05, 0.1) is 5.69 Å². The fourth-order valence-corrected chi connectivity index (χ4v) is 2.77. The summed E-state index contributed by atoms with van der Waals surface area (Å²) in [5.41, 5.74) is 8.45. The van der Waals surface area contributed by atoms with Gasteiger partial charge in [-0.25, -0.2) is 4.98 Å². The van der Waals surface area contributed by atoms with Gasteiger partial charge in [-0.2, -0.15) is 0 Å². The SMILES string of the molecule is NCC(O)c1nc(-c2c[nH]c3ccccc23)cs1. The van der Waals surface area contributed by atoms with Crippen molar-refractivity contribution in [3.8, 4) is 11.3 Å². The molecule has 3 aromatic rings. The molecule has 0 aliphatic rings. The number of fused-ring (bicyclic) bond motifs is 1. The lowest BCUT2D eigenvalue weighted by Gasteiger charge is -2.01. The summed E-state index contributed by atoms with van der Waals surface area (Å²) in [6, 6.07) is 8.08. The highest BCUT2D eigenvalue weighted by Gasteiger charge is 2.13. The van der Waals surface area contributed by atoms with Crippen molar-refractivity contribution in [3.63, 3.8) is 0 Å². The summed E-state index contributed by atoms with van der Waals surface area (Å²) in [5.74, 6) is 0. The number of aromatic amines is 1. The first-order valence-corrected chi connectivity index (χ1v) is 6.57. The van der Waals surface area contributed by atoms with Crippen molar-refractivity contribution >= 4 is 22.2 Å². The molecule has 0 aliphatic heterocycles. The number of hydrogen-bond donors (Lipinski definition) is 3. The van der Waals surface area contributed by atoms with E-state index in [-0.39, 0.29) is 6.54 Å². The molecule has 0 saturated heterocycles. The third-order valence-electron chi connectivity index (χ3n) is 2.90. The molecule has 92 valence electrons. The maximum atomic E-state index is 9.67.